The highest BCUT2D eigenvalue weighted by atomic mass is 16.3. The number of carbonyl (C=O) groups is 3. The van der Waals surface area contributed by atoms with Crippen LogP contribution in [-0.2, 0) is 32.8 Å². The molecule has 6 N–H and O–H groups in total. The summed E-state index contributed by atoms with van der Waals surface area (Å²) in [5, 5.41) is 46.7. The third-order valence-electron chi connectivity index (χ3n) is 9.48. The first kappa shape index (κ1) is 32.4. The molecule has 0 aliphatic heterocycles. The number of nitrogens with two attached hydrogens (primary N) is 1. The Balaban J connectivity index is 1.81. The van der Waals surface area contributed by atoms with E-state index in [1.165, 1.54) is 4.90 Å². The first-order valence-corrected chi connectivity index (χ1v) is 15.1. The van der Waals surface area contributed by atoms with Crippen molar-refractivity contribution in [2.24, 2.45) is 17.6 Å². The Kier molecular flexibility index (Phi) is 7.79. The van der Waals surface area contributed by atoms with Gasteiger partial charge in [-0.05, 0) is 93.7 Å². The molecule has 4 atom stereocenters. The molecule has 3 aliphatic rings. The molecule has 0 unspecified atom stereocenters. The first-order chi connectivity index (χ1) is 20.8. The standard InChI is InChI=1S/C35H43N3O7/c1-16-9-17(15-37(5)6)11-18(10-16)20-14-23(34(2,3)4)28(39)25-21(20)12-19-13-22-27(38(7)8)30(41)26(33(36)44)32(43)35(22,45)31(42)24(19)29(25)40/h9-11,14,19,22,27,39-40,43,45H,12-13,15H2,1-8H3,(H2,36,44)/t19-,22-,27-,35-/m0/s1. The van der Waals surface area contributed by atoms with Crippen LogP contribution in [0.2, 0.25) is 0 Å². The third kappa shape index (κ3) is 4.95. The summed E-state index contributed by atoms with van der Waals surface area (Å²) in [5.74, 6) is -6.60. The Hall–Kier alpha value is -3.99. The predicted molar refractivity (Wildman–Crippen MR) is 171 cm³/mol. The van der Waals surface area contributed by atoms with Crippen molar-refractivity contribution in [1.82, 2.24) is 9.80 Å². The van der Waals surface area contributed by atoms with Gasteiger partial charge in [0.1, 0.15) is 22.8 Å². The number of aliphatic hydroxyl groups is 3. The zero-order chi connectivity index (χ0) is 33.5. The van der Waals surface area contributed by atoms with Crippen LogP contribution in [0.3, 0.4) is 0 Å². The molecular formula is C35H43N3O7. The molecule has 1 saturated carbocycles. The maximum Gasteiger partial charge on any atom is 0.255 e. The summed E-state index contributed by atoms with van der Waals surface area (Å²) in [6, 6.07) is 7.06. The summed E-state index contributed by atoms with van der Waals surface area (Å²) >= 11 is 0. The number of rotatable bonds is 5. The fourth-order valence-corrected chi connectivity index (χ4v) is 7.62. The van der Waals surface area contributed by atoms with Gasteiger partial charge in [0.05, 0.1) is 11.6 Å². The first-order valence-electron chi connectivity index (χ1n) is 15.1. The molecule has 1 amide bonds. The van der Waals surface area contributed by atoms with E-state index in [2.05, 4.69) is 23.1 Å². The molecule has 0 heterocycles. The molecule has 10 heteroatoms. The van der Waals surface area contributed by atoms with Crippen molar-refractivity contribution in [3.8, 4) is 16.9 Å². The predicted octanol–water partition coefficient (Wildman–Crippen LogP) is 3.30. The molecule has 0 bridgehead atoms. The highest BCUT2D eigenvalue weighted by molar-refractivity contribution is 6.24. The van der Waals surface area contributed by atoms with Crippen LogP contribution in [0.1, 0.15) is 55.0 Å². The molecule has 5 rings (SSSR count). The maximum atomic E-state index is 14.3. The minimum Gasteiger partial charge on any atom is -0.508 e. The number of fused-ring (bicyclic) bond motifs is 3. The van der Waals surface area contributed by atoms with Gasteiger partial charge >= 0.3 is 0 Å². The lowest BCUT2D eigenvalue weighted by Crippen LogP contribution is -2.65. The minimum absolute atomic E-state index is 0.0344. The van der Waals surface area contributed by atoms with Crippen LogP contribution in [0, 0.1) is 18.8 Å². The van der Waals surface area contributed by atoms with E-state index in [1.807, 2.05) is 47.9 Å². The molecule has 45 heavy (non-hydrogen) atoms. The van der Waals surface area contributed by atoms with Crippen molar-refractivity contribution in [2.75, 3.05) is 28.2 Å². The monoisotopic (exact) mass is 617 g/mol. The van der Waals surface area contributed by atoms with Crippen molar-refractivity contribution < 1.29 is 34.8 Å². The number of nitrogens with zero attached hydrogens (tertiary/aromatic N) is 2. The lowest BCUT2D eigenvalue weighted by molar-refractivity contribution is -0.153. The number of aryl methyl sites for hydroxylation is 1. The van der Waals surface area contributed by atoms with E-state index in [-0.39, 0.29) is 29.7 Å². The van der Waals surface area contributed by atoms with Gasteiger partial charge in [-0.3, -0.25) is 19.3 Å². The molecule has 10 nitrogen and oxygen atoms in total. The Labute approximate surface area is 263 Å². The molecule has 2 aromatic carbocycles. The van der Waals surface area contributed by atoms with Gasteiger partial charge in [0.15, 0.2) is 11.4 Å². The lowest BCUT2D eigenvalue weighted by Gasteiger charge is -2.50. The van der Waals surface area contributed by atoms with Crippen molar-refractivity contribution in [1.29, 1.82) is 0 Å². The third-order valence-corrected chi connectivity index (χ3v) is 9.48. The van der Waals surface area contributed by atoms with Crippen LogP contribution in [0.15, 0.2) is 41.2 Å². The van der Waals surface area contributed by atoms with Gasteiger partial charge in [0.25, 0.3) is 5.91 Å². The van der Waals surface area contributed by atoms with E-state index >= 15 is 0 Å². The second kappa shape index (κ2) is 10.8. The van der Waals surface area contributed by atoms with Crippen molar-refractivity contribution in [3.05, 3.63) is 69.0 Å². The highest BCUT2D eigenvalue weighted by Crippen LogP contribution is 2.55. The minimum atomic E-state index is -2.68. The summed E-state index contributed by atoms with van der Waals surface area (Å²) in [6.45, 7) is 8.54. The molecule has 0 aromatic heterocycles. The van der Waals surface area contributed by atoms with Gasteiger partial charge in [0, 0.05) is 23.6 Å². The van der Waals surface area contributed by atoms with Crippen LogP contribution in [-0.4, -0.2) is 87.5 Å². The fraction of sp³-hybridized carbons (Fsp3) is 0.457. The number of primary amides is 1. The molecule has 1 fully saturated rings. The smallest absolute Gasteiger partial charge is 0.255 e. The summed E-state index contributed by atoms with van der Waals surface area (Å²) < 4.78 is 0. The number of ketones is 2. The highest BCUT2D eigenvalue weighted by Gasteiger charge is 2.64. The van der Waals surface area contributed by atoms with Gasteiger partial charge in [-0.2, -0.15) is 0 Å². The summed E-state index contributed by atoms with van der Waals surface area (Å²) in [7, 11) is 7.15. The molecule has 0 saturated heterocycles. The van der Waals surface area contributed by atoms with Gasteiger partial charge < -0.3 is 31.1 Å². The van der Waals surface area contributed by atoms with Gasteiger partial charge in [0.2, 0.25) is 5.78 Å². The van der Waals surface area contributed by atoms with E-state index in [4.69, 9.17) is 5.73 Å². The second-order valence-electron chi connectivity index (χ2n) is 14.3. The van der Waals surface area contributed by atoms with Gasteiger partial charge in [-0.15, -0.1) is 0 Å². The molecule has 0 spiro atoms. The molecular weight excluding hydrogens is 574 g/mol. The van der Waals surface area contributed by atoms with E-state index in [0.717, 1.165) is 22.3 Å². The summed E-state index contributed by atoms with van der Waals surface area (Å²) in [5.41, 5.74) is 6.36. The zero-order valence-electron chi connectivity index (χ0n) is 27.1. The zero-order valence-corrected chi connectivity index (χ0v) is 27.1. The van der Waals surface area contributed by atoms with Crippen molar-refractivity contribution >= 4 is 23.2 Å². The number of carbonyl (C=O) groups excluding carboxylic acids is 3. The number of amides is 1. The number of aliphatic hydroxyl groups excluding tert-OH is 2. The Morgan fingerprint density at radius 3 is 2.24 bits per heavy atom. The normalized spacial score (nSPS) is 25.1. The van der Waals surface area contributed by atoms with Crippen LogP contribution in [0.5, 0.6) is 5.75 Å². The number of hydrogen-bond acceptors (Lipinski definition) is 9. The number of Topliss-reactive ketones (excluding diaryl/α,β-unsaturated/α-hetero) is 2. The van der Waals surface area contributed by atoms with Gasteiger partial charge in [-0.25, -0.2) is 0 Å². The molecule has 2 aromatic rings. The average molecular weight is 618 g/mol. The lowest BCUT2D eigenvalue weighted by atomic mass is 9.57. The second-order valence-corrected chi connectivity index (χ2v) is 14.3. The van der Waals surface area contributed by atoms with E-state index in [0.29, 0.717) is 17.7 Å². The van der Waals surface area contributed by atoms with Crippen LogP contribution >= 0.6 is 0 Å². The SMILES string of the molecule is Cc1cc(CN(C)C)cc(-c2cc(C(C)(C)C)c(O)c3c2C[C@H]2C[C@H]4[C@H](N(C)C)C(=O)C(C(N)=O)=C(O)[C@@]4(O)C(=O)C2=C3O)c1. The van der Waals surface area contributed by atoms with E-state index < -0.39 is 63.5 Å². The molecule has 3 aliphatic carbocycles. The van der Waals surface area contributed by atoms with Crippen LogP contribution in [0.25, 0.3) is 16.9 Å². The number of likely N-dealkylation sites (N-methyl/N-ethyl adjacent to an activating group) is 1. The van der Waals surface area contributed by atoms with Crippen LogP contribution in [0.4, 0.5) is 0 Å². The summed E-state index contributed by atoms with van der Waals surface area (Å²) in [6.07, 6.45) is 0.255. The topological polar surface area (TPSA) is 165 Å². The molecule has 240 valence electrons. The molecule has 0 radical (unpaired) electrons. The maximum absolute atomic E-state index is 14.3. The number of benzene rings is 2. The Morgan fingerprint density at radius 1 is 1.04 bits per heavy atom. The van der Waals surface area contributed by atoms with Crippen molar-refractivity contribution in [2.45, 2.75) is 64.1 Å². The quantitative estimate of drug-likeness (QED) is 0.317. The number of hydrogen-bond donors (Lipinski definition) is 5. The van der Waals surface area contributed by atoms with E-state index in [9.17, 15) is 34.8 Å². The fourth-order valence-electron chi connectivity index (χ4n) is 7.62. The Bertz CT molecular complexity index is 1710. The van der Waals surface area contributed by atoms with Crippen molar-refractivity contribution in [3.63, 3.8) is 0 Å². The van der Waals surface area contributed by atoms with Crippen LogP contribution < -0.4 is 5.73 Å². The number of phenols is 1. The average Bonchev–Trinajstić information content (AvgIpc) is 2.89. The Morgan fingerprint density at radius 2 is 1.69 bits per heavy atom. The summed E-state index contributed by atoms with van der Waals surface area (Å²) in [4.78, 5) is 43.6. The largest absolute Gasteiger partial charge is 0.508 e. The number of aromatic hydroxyl groups is 1. The van der Waals surface area contributed by atoms with E-state index in [1.54, 1.807) is 14.1 Å². The number of phenolic OH excluding ortho intramolecular Hbond substituents is 1. The van der Waals surface area contributed by atoms with Gasteiger partial charge in [-0.1, -0.05) is 38.5 Å².